The Kier molecular flexibility index (Phi) is 8.16. The molecule has 0 bridgehead atoms. The number of hydrazone groups is 1. The van der Waals surface area contributed by atoms with E-state index in [0.717, 1.165) is 24.2 Å². The smallest absolute Gasteiger partial charge is 0.280 e. The lowest BCUT2D eigenvalue weighted by molar-refractivity contribution is -0.127. The van der Waals surface area contributed by atoms with Gasteiger partial charge in [0.15, 0.2) is 6.10 Å². The lowest BCUT2D eigenvalue weighted by atomic mass is 10.2. The molecule has 0 heterocycles. The quantitative estimate of drug-likeness (QED) is 0.392. The summed E-state index contributed by atoms with van der Waals surface area (Å²) in [4.78, 5) is 12.1. The minimum Gasteiger partial charge on any atom is -0.497 e. The van der Waals surface area contributed by atoms with Gasteiger partial charge in [0.2, 0.25) is 0 Å². The van der Waals surface area contributed by atoms with E-state index in [1.165, 1.54) is 0 Å². The Bertz CT molecular complexity index is 744. The average molecular weight is 370 g/mol. The molecule has 0 radical (unpaired) electrons. The number of rotatable bonds is 10. The van der Waals surface area contributed by atoms with Crippen LogP contribution in [-0.4, -0.2) is 31.9 Å². The van der Waals surface area contributed by atoms with Crippen molar-refractivity contribution in [1.82, 2.24) is 5.43 Å². The van der Waals surface area contributed by atoms with Crippen LogP contribution in [0.3, 0.4) is 0 Å². The zero-order chi connectivity index (χ0) is 19.5. The van der Waals surface area contributed by atoms with E-state index in [-0.39, 0.29) is 5.91 Å². The molecule has 144 valence electrons. The van der Waals surface area contributed by atoms with Gasteiger partial charge in [0.05, 0.1) is 19.9 Å². The van der Waals surface area contributed by atoms with E-state index in [0.29, 0.717) is 18.1 Å². The third-order valence-corrected chi connectivity index (χ3v) is 3.76. The first-order valence-electron chi connectivity index (χ1n) is 8.99. The highest BCUT2D eigenvalue weighted by atomic mass is 16.5. The van der Waals surface area contributed by atoms with Crippen LogP contribution in [0.15, 0.2) is 53.6 Å². The van der Waals surface area contributed by atoms with Crippen molar-refractivity contribution in [3.05, 3.63) is 54.1 Å². The van der Waals surface area contributed by atoms with Gasteiger partial charge >= 0.3 is 0 Å². The molecule has 1 amide bonds. The highest BCUT2D eigenvalue weighted by Gasteiger charge is 2.14. The third kappa shape index (κ3) is 7.01. The number of nitrogens with one attached hydrogen (secondary N) is 1. The summed E-state index contributed by atoms with van der Waals surface area (Å²) in [5.74, 6) is 1.71. The van der Waals surface area contributed by atoms with Crippen LogP contribution in [0.2, 0.25) is 0 Å². The standard InChI is InChI=1S/C21H26N2O4/c1-4-5-13-26-18-11-9-17(10-12-18)15-22-23-21(24)16(2)27-20-8-6-7-19(14-20)25-3/h6-12,14-16H,4-5,13H2,1-3H3,(H,23,24)/b22-15+. The molecular formula is C21H26N2O4. The predicted molar refractivity (Wildman–Crippen MR) is 106 cm³/mol. The Labute approximate surface area is 160 Å². The van der Waals surface area contributed by atoms with Gasteiger partial charge < -0.3 is 14.2 Å². The maximum absolute atomic E-state index is 12.1. The van der Waals surface area contributed by atoms with Crippen LogP contribution < -0.4 is 19.6 Å². The molecule has 2 rings (SSSR count). The molecule has 2 aromatic rings. The van der Waals surface area contributed by atoms with Crippen molar-refractivity contribution in [2.24, 2.45) is 5.10 Å². The second kappa shape index (κ2) is 10.9. The molecule has 0 saturated carbocycles. The van der Waals surface area contributed by atoms with Gasteiger partial charge in [0, 0.05) is 6.07 Å². The molecule has 0 spiro atoms. The second-order valence-corrected chi connectivity index (χ2v) is 5.94. The van der Waals surface area contributed by atoms with Crippen molar-refractivity contribution >= 4 is 12.1 Å². The summed E-state index contributed by atoms with van der Waals surface area (Å²) in [6, 6.07) is 14.6. The van der Waals surface area contributed by atoms with Gasteiger partial charge in [-0.25, -0.2) is 5.43 Å². The summed E-state index contributed by atoms with van der Waals surface area (Å²) in [5, 5.41) is 3.97. The summed E-state index contributed by atoms with van der Waals surface area (Å²) >= 11 is 0. The number of hydrogen-bond donors (Lipinski definition) is 1. The SMILES string of the molecule is CCCCOc1ccc(/C=N/NC(=O)C(C)Oc2cccc(OC)c2)cc1. The molecule has 1 unspecified atom stereocenters. The Hall–Kier alpha value is -3.02. The van der Waals surface area contributed by atoms with Gasteiger partial charge in [-0.2, -0.15) is 5.10 Å². The molecule has 1 atom stereocenters. The fraction of sp³-hybridized carbons (Fsp3) is 0.333. The van der Waals surface area contributed by atoms with Crippen molar-refractivity contribution in [2.45, 2.75) is 32.8 Å². The first kappa shape index (κ1) is 20.3. The van der Waals surface area contributed by atoms with Gasteiger partial charge in [-0.15, -0.1) is 0 Å². The fourth-order valence-electron chi connectivity index (χ4n) is 2.18. The van der Waals surface area contributed by atoms with Crippen molar-refractivity contribution in [1.29, 1.82) is 0 Å². The zero-order valence-corrected chi connectivity index (χ0v) is 16.0. The Balaban J connectivity index is 1.81. The van der Waals surface area contributed by atoms with Crippen LogP contribution in [0.5, 0.6) is 17.2 Å². The number of nitrogens with zero attached hydrogens (tertiary/aromatic N) is 1. The van der Waals surface area contributed by atoms with Crippen LogP contribution in [0.25, 0.3) is 0 Å². The molecule has 0 fully saturated rings. The van der Waals surface area contributed by atoms with Crippen LogP contribution >= 0.6 is 0 Å². The second-order valence-electron chi connectivity index (χ2n) is 5.94. The maximum atomic E-state index is 12.1. The lowest BCUT2D eigenvalue weighted by Gasteiger charge is -2.13. The molecular weight excluding hydrogens is 344 g/mol. The lowest BCUT2D eigenvalue weighted by Crippen LogP contribution is -2.33. The summed E-state index contributed by atoms with van der Waals surface area (Å²) in [6.45, 7) is 4.50. The number of amides is 1. The number of unbranched alkanes of at least 4 members (excludes halogenated alkanes) is 1. The Morgan fingerprint density at radius 3 is 2.59 bits per heavy atom. The molecule has 27 heavy (non-hydrogen) atoms. The Morgan fingerprint density at radius 2 is 1.89 bits per heavy atom. The number of hydrogen-bond acceptors (Lipinski definition) is 5. The van der Waals surface area contributed by atoms with Gasteiger partial charge in [0.25, 0.3) is 5.91 Å². The minimum absolute atomic E-state index is 0.339. The molecule has 1 N–H and O–H groups in total. The van der Waals surface area contributed by atoms with E-state index in [4.69, 9.17) is 14.2 Å². The van der Waals surface area contributed by atoms with Gasteiger partial charge in [0.1, 0.15) is 17.2 Å². The number of carbonyl (C=O) groups is 1. The largest absolute Gasteiger partial charge is 0.497 e. The highest BCUT2D eigenvalue weighted by molar-refractivity contribution is 5.84. The number of methoxy groups -OCH3 is 1. The summed E-state index contributed by atoms with van der Waals surface area (Å²) < 4.78 is 16.3. The van der Waals surface area contributed by atoms with Crippen molar-refractivity contribution in [3.8, 4) is 17.2 Å². The van der Waals surface area contributed by atoms with Crippen molar-refractivity contribution in [2.75, 3.05) is 13.7 Å². The van der Waals surface area contributed by atoms with Crippen LogP contribution in [0.4, 0.5) is 0 Å². The van der Waals surface area contributed by atoms with Gasteiger partial charge in [-0.3, -0.25) is 4.79 Å². The summed E-state index contributed by atoms with van der Waals surface area (Å²) in [7, 11) is 1.58. The van der Waals surface area contributed by atoms with E-state index < -0.39 is 6.10 Å². The summed E-state index contributed by atoms with van der Waals surface area (Å²) in [5.41, 5.74) is 3.34. The third-order valence-electron chi connectivity index (χ3n) is 3.76. The zero-order valence-electron chi connectivity index (χ0n) is 16.0. The molecule has 6 heteroatoms. The average Bonchev–Trinajstić information content (AvgIpc) is 2.69. The normalized spacial score (nSPS) is 11.8. The van der Waals surface area contributed by atoms with Crippen molar-refractivity contribution in [3.63, 3.8) is 0 Å². The number of carbonyl (C=O) groups excluding carboxylic acids is 1. The molecule has 0 aliphatic heterocycles. The molecule has 2 aromatic carbocycles. The van der Waals surface area contributed by atoms with E-state index in [1.807, 2.05) is 30.3 Å². The van der Waals surface area contributed by atoms with Crippen LogP contribution in [0, 0.1) is 0 Å². The van der Waals surface area contributed by atoms with E-state index in [2.05, 4.69) is 17.5 Å². The van der Waals surface area contributed by atoms with Crippen molar-refractivity contribution < 1.29 is 19.0 Å². The number of benzene rings is 2. The molecule has 0 saturated heterocycles. The van der Waals surface area contributed by atoms with Crippen LogP contribution in [0.1, 0.15) is 32.3 Å². The summed E-state index contributed by atoms with van der Waals surface area (Å²) in [6.07, 6.45) is 3.02. The van der Waals surface area contributed by atoms with Crippen LogP contribution in [-0.2, 0) is 4.79 Å². The topological polar surface area (TPSA) is 69.2 Å². The van der Waals surface area contributed by atoms with E-state index >= 15 is 0 Å². The van der Waals surface area contributed by atoms with Gasteiger partial charge in [-0.05, 0) is 55.3 Å². The Morgan fingerprint density at radius 1 is 1.15 bits per heavy atom. The highest BCUT2D eigenvalue weighted by Crippen LogP contribution is 2.20. The minimum atomic E-state index is -0.691. The maximum Gasteiger partial charge on any atom is 0.280 e. The first-order chi connectivity index (χ1) is 13.1. The molecule has 0 aromatic heterocycles. The monoisotopic (exact) mass is 370 g/mol. The van der Waals surface area contributed by atoms with E-state index in [1.54, 1.807) is 38.4 Å². The van der Waals surface area contributed by atoms with E-state index in [9.17, 15) is 4.79 Å². The van der Waals surface area contributed by atoms with Gasteiger partial charge in [-0.1, -0.05) is 19.4 Å². The molecule has 6 nitrogen and oxygen atoms in total. The first-order valence-corrected chi connectivity index (χ1v) is 8.99. The molecule has 0 aliphatic rings. The molecule has 0 aliphatic carbocycles. The fourth-order valence-corrected chi connectivity index (χ4v) is 2.18. The predicted octanol–water partition coefficient (Wildman–Crippen LogP) is 3.79. The number of ether oxygens (including phenoxy) is 3.